The number of unbranched alkanes of at least 4 members (excludes halogenated alkanes) is 1. The number of carbonyl (C=O) groups excluding carboxylic acids is 2. The molecule has 180 valence electrons. The largest absolute Gasteiger partial charge is 0.480 e. The number of hydrogen-bond donors (Lipinski definition) is 5. The Labute approximate surface area is 187 Å². The topological polar surface area (TPSA) is 178 Å². The number of aliphatic carboxylic acids is 1. The van der Waals surface area contributed by atoms with E-state index in [0.717, 1.165) is 12.8 Å². The first-order chi connectivity index (χ1) is 15.1. The number of nitrogens with zero attached hydrogens (tertiary/aromatic N) is 2. The van der Waals surface area contributed by atoms with Crippen molar-refractivity contribution >= 4 is 29.8 Å². The summed E-state index contributed by atoms with van der Waals surface area (Å²) < 4.78 is 9.85. The monoisotopic (exact) mass is 454 g/mol. The molecule has 0 saturated heterocycles. The molecular weight excluding hydrogens is 420 g/mol. The lowest BCUT2D eigenvalue weighted by atomic mass is 10.1. The van der Waals surface area contributed by atoms with Crippen LogP contribution < -0.4 is 21.7 Å². The third-order valence-corrected chi connectivity index (χ3v) is 4.06. The van der Waals surface area contributed by atoms with E-state index in [-0.39, 0.29) is 17.8 Å². The quantitative estimate of drug-likeness (QED) is 0.216. The van der Waals surface area contributed by atoms with E-state index < -0.39 is 29.7 Å². The zero-order valence-electron chi connectivity index (χ0n) is 19.1. The number of nitrogens with two attached hydrogens (primary N) is 1. The Morgan fingerprint density at radius 2 is 1.84 bits per heavy atom. The zero-order chi connectivity index (χ0) is 24.1. The Morgan fingerprint density at radius 1 is 1.16 bits per heavy atom. The molecule has 0 saturated carbocycles. The van der Waals surface area contributed by atoms with Crippen molar-refractivity contribution < 1.29 is 29.0 Å². The minimum Gasteiger partial charge on any atom is -0.480 e. The molecule has 0 bridgehead atoms. The summed E-state index contributed by atoms with van der Waals surface area (Å²) in [5.41, 5.74) is 4.89. The van der Waals surface area contributed by atoms with Crippen molar-refractivity contribution in [1.82, 2.24) is 15.3 Å². The molecule has 1 atom stereocenters. The normalized spacial score (nSPS) is 11.9. The average molecular weight is 455 g/mol. The molecule has 1 unspecified atom stereocenters. The summed E-state index contributed by atoms with van der Waals surface area (Å²) >= 11 is 0. The van der Waals surface area contributed by atoms with Crippen molar-refractivity contribution in [3.63, 3.8) is 0 Å². The van der Waals surface area contributed by atoms with Crippen LogP contribution in [0.4, 0.5) is 16.6 Å². The number of methoxy groups -OCH3 is 1. The van der Waals surface area contributed by atoms with Gasteiger partial charge in [0.1, 0.15) is 23.0 Å². The molecule has 1 aromatic rings. The van der Waals surface area contributed by atoms with Crippen molar-refractivity contribution in [2.75, 3.05) is 37.4 Å². The summed E-state index contributed by atoms with van der Waals surface area (Å²) in [6, 6.07) is -1.11. The molecule has 0 spiro atoms. The smallest absolute Gasteiger partial charge is 0.408 e. The van der Waals surface area contributed by atoms with Gasteiger partial charge in [-0.15, -0.1) is 0 Å². The summed E-state index contributed by atoms with van der Waals surface area (Å²) in [5, 5.41) is 17.8. The van der Waals surface area contributed by atoms with E-state index in [0.29, 0.717) is 32.0 Å². The minimum absolute atomic E-state index is 0.143. The molecule has 1 heterocycles. The number of anilines is 2. The number of ether oxygens (including phenoxy) is 2. The van der Waals surface area contributed by atoms with Gasteiger partial charge in [0, 0.05) is 19.3 Å². The Balaban J connectivity index is 2.69. The van der Waals surface area contributed by atoms with Crippen LogP contribution in [0, 0.1) is 0 Å². The molecule has 1 amide bonds. The van der Waals surface area contributed by atoms with Crippen molar-refractivity contribution in [2.24, 2.45) is 5.73 Å². The molecule has 1 aromatic heterocycles. The highest BCUT2D eigenvalue weighted by atomic mass is 16.6. The number of carboxylic acids is 1. The Hall–Kier alpha value is -3.15. The standard InChI is InChI=1S/C20H34N6O6/c1-20(2,3)32-19(30)25-14(16(27)28)8-7-11-22-15-13(17(29)31-4)12-24-18(26-15)23-10-6-5-9-21/h12,14H,5-11,21H2,1-4H3,(H,25,30)(H,27,28)(H2,22,23,24,26). The molecular formula is C20H34N6O6. The van der Waals surface area contributed by atoms with Gasteiger partial charge in [0.15, 0.2) is 0 Å². The number of carbonyl (C=O) groups is 3. The Kier molecular flexibility index (Phi) is 11.2. The second kappa shape index (κ2) is 13.3. The van der Waals surface area contributed by atoms with Crippen LogP contribution in [0.1, 0.15) is 56.8 Å². The van der Waals surface area contributed by atoms with E-state index in [2.05, 4.69) is 25.9 Å². The first kappa shape index (κ1) is 26.9. The van der Waals surface area contributed by atoms with Crippen LogP contribution in [0.15, 0.2) is 6.20 Å². The fourth-order valence-electron chi connectivity index (χ4n) is 2.55. The summed E-state index contributed by atoms with van der Waals surface area (Å²) in [4.78, 5) is 43.7. The molecule has 0 aliphatic heterocycles. The SMILES string of the molecule is COC(=O)c1cnc(NCCCCN)nc1NCCCC(NC(=O)OC(C)(C)C)C(=O)O. The molecule has 12 nitrogen and oxygen atoms in total. The highest BCUT2D eigenvalue weighted by Gasteiger charge is 2.23. The van der Waals surface area contributed by atoms with Gasteiger partial charge in [-0.25, -0.2) is 19.4 Å². The van der Waals surface area contributed by atoms with E-state index in [9.17, 15) is 19.5 Å². The van der Waals surface area contributed by atoms with Crippen LogP contribution in [0.5, 0.6) is 0 Å². The van der Waals surface area contributed by atoms with Gasteiger partial charge >= 0.3 is 18.0 Å². The predicted molar refractivity (Wildman–Crippen MR) is 119 cm³/mol. The number of nitrogens with one attached hydrogen (secondary N) is 3. The second-order valence-electron chi connectivity index (χ2n) is 7.98. The molecule has 32 heavy (non-hydrogen) atoms. The maximum atomic E-state index is 12.0. The van der Waals surface area contributed by atoms with Gasteiger partial charge in [0.2, 0.25) is 5.95 Å². The maximum Gasteiger partial charge on any atom is 0.408 e. The molecule has 12 heteroatoms. The maximum absolute atomic E-state index is 12.0. The van der Waals surface area contributed by atoms with Gasteiger partial charge in [-0.3, -0.25) is 0 Å². The van der Waals surface area contributed by atoms with Crippen molar-refractivity contribution in [1.29, 1.82) is 0 Å². The van der Waals surface area contributed by atoms with E-state index in [1.807, 2.05) is 0 Å². The fraction of sp³-hybridized carbons (Fsp3) is 0.650. The van der Waals surface area contributed by atoms with Crippen LogP contribution in [-0.2, 0) is 14.3 Å². The second-order valence-corrected chi connectivity index (χ2v) is 7.98. The van der Waals surface area contributed by atoms with Crippen LogP contribution in [0.2, 0.25) is 0 Å². The fourth-order valence-corrected chi connectivity index (χ4v) is 2.55. The first-order valence-corrected chi connectivity index (χ1v) is 10.4. The third-order valence-electron chi connectivity index (χ3n) is 4.06. The van der Waals surface area contributed by atoms with Gasteiger partial charge in [-0.1, -0.05) is 0 Å². The minimum atomic E-state index is -1.17. The summed E-state index contributed by atoms with van der Waals surface area (Å²) in [5.74, 6) is -1.17. The van der Waals surface area contributed by atoms with Crippen molar-refractivity contribution in [3.8, 4) is 0 Å². The highest BCUT2D eigenvalue weighted by Crippen LogP contribution is 2.16. The number of esters is 1. The molecule has 6 N–H and O–H groups in total. The molecule has 0 aromatic carbocycles. The lowest BCUT2D eigenvalue weighted by Crippen LogP contribution is -2.43. The van der Waals surface area contributed by atoms with E-state index in [4.69, 9.17) is 15.2 Å². The van der Waals surface area contributed by atoms with Gasteiger partial charge in [0.05, 0.1) is 7.11 Å². The predicted octanol–water partition coefficient (Wildman–Crippen LogP) is 1.58. The zero-order valence-corrected chi connectivity index (χ0v) is 19.1. The third kappa shape index (κ3) is 10.2. The number of alkyl carbamates (subject to hydrolysis) is 1. The van der Waals surface area contributed by atoms with Crippen LogP contribution in [0.25, 0.3) is 0 Å². The summed E-state index contributed by atoms with van der Waals surface area (Å²) in [7, 11) is 1.25. The van der Waals surface area contributed by atoms with Crippen LogP contribution >= 0.6 is 0 Å². The van der Waals surface area contributed by atoms with Gasteiger partial charge in [-0.05, 0) is 53.0 Å². The Morgan fingerprint density at radius 3 is 2.44 bits per heavy atom. The van der Waals surface area contributed by atoms with Crippen LogP contribution in [0.3, 0.4) is 0 Å². The van der Waals surface area contributed by atoms with E-state index in [1.54, 1.807) is 20.8 Å². The van der Waals surface area contributed by atoms with Crippen molar-refractivity contribution in [2.45, 2.75) is 58.1 Å². The summed E-state index contributed by atoms with van der Waals surface area (Å²) in [6.07, 6.45) is 2.78. The van der Waals surface area contributed by atoms with E-state index >= 15 is 0 Å². The van der Waals surface area contributed by atoms with Crippen LogP contribution in [-0.4, -0.2) is 71.5 Å². The summed E-state index contributed by atoms with van der Waals surface area (Å²) in [6.45, 7) is 6.59. The highest BCUT2D eigenvalue weighted by molar-refractivity contribution is 5.94. The van der Waals surface area contributed by atoms with E-state index in [1.165, 1.54) is 13.3 Å². The van der Waals surface area contributed by atoms with Gasteiger partial charge in [-0.2, -0.15) is 4.98 Å². The van der Waals surface area contributed by atoms with Gasteiger partial charge in [0.25, 0.3) is 0 Å². The molecule has 0 fully saturated rings. The number of hydrogen-bond acceptors (Lipinski definition) is 10. The molecule has 0 aliphatic carbocycles. The lowest BCUT2D eigenvalue weighted by molar-refractivity contribution is -0.139. The van der Waals surface area contributed by atoms with Gasteiger partial charge < -0.3 is 36.3 Å². The average Bonchev–Trinajstić information content (AvgIpc) is 2.71. The first-order valence-electron chi connectivity index (χ1n) is 10.4. The number of carboxylic acid groups (broad SMARTS) is 1. The lowest BCUT2D eigenvalue weighted by Gasteiger charge is -2.22. The number of aromatic nitrogens is 2. The molecule has 1 rings (SSSR count). The number of rotatable bonds is 13. The number of amides is 1. The van der Waals surface area contributed by atoms with Crippen molar-refractivity contribution in [3.05, 3.63) is 11.8 Å². The molecule has 0 aliphatic rings. The molecule has 0 radical (unpaired) electrons. The Bertz CT molecular complexity index is 767.